The number of rotatable bonds is 6. The summed E-state index contributed by atoms with van der Waals surface area (Å²) in [6.45, 7) is 4.46. The van der Waals surface area contributed by atoms with Gasteiger partial charge in [0.2, 0.25) is 0 Å². The molecule has 1 aromatic heterocycles. The molecule has 1 aliphatic carbocycles. The van der Waals surface area contributed by atoms with Gasteiger partial charge in [0.05, 0.1) is 5.51 Å². The van der Waals surface area contributed by atoms with Crippen molar-refractivity contribution in [3.05, 3.63) is 16.6 Å². The minimum atomic E-state index is 0.822. The zero-order valence-electron chi connectivity index (χ0n) is 10.1. The Bertz CT molecular complexity index is 278. The van der Waals surface area contributed by atoms with Gasteiger partial charge in [-0.05, 0) is 31.3 Å². The largest absolute Gasteiger partial charge is 0.317 e. The summed E-state index contributed by atoms with van der Waals surface area (Å²) < 4.78 is 0. The first-order valence-corrected chi connectivity index (χ1v) is 7.36. The lowest BCUT2D eigenvalue weighted by Gasteiger charge is -2.23. The lowest BCUT2D eigenvalue weighted by molar-refractivity contribution is 0.325. The predicted octanol–water partition coefficient (Wildman–Crippen LogP) is 3.10. The summed E-state index contributed by atoms with van der Waals surface area (Å²) in [5, 5.41) is 3.52. The average molecular weight is 238 g/mol. The van der Waals surface area contributed by atoms with E-state index in [2.05, 4.69) is 17.2 Å². The fourth-order valence-corrected chi connectivity index (χ4v) is 3.45. The van der Waals surface area contributed by atoms with Crippen molar-refractivity contribution in [2.24, 2.45) is 11.8 Å². The second-order valence-electron chi connectivity index (χ2n) is 4.78. The molecule has 1 aliphatic rings. The van der Waals surface area contributed by atoms with Gasteiger partial charge in [-0.2, -0.15) is 0 Å². The molecule has 1 aromatic rings. The van der Waals surface area contributed by atoms with Crippen LogP contribution in [0.4, 0.5) is 0 Å². The van der Waals surface area contributed by atoms with Gasteiger partial charge >= 0.3 is 0 Å². The third-order valence-corrected chi connectivity index (χ3v) is 4.47. The molecule has 0 saturated heterocycles. The summed E-state index contributed by atoms with van der Waals surface area (Å²) in [5.41, 5.74) is 1.95. The van der Waals surface area contributed by atoms with Crippen molar-refractivity contribution < 1.29 is 0 Å². The highest BCUT2D eigenvalue weighted by Gasteiger charge is 2.25. The molecule has 2 nitrogen and oxygen atoms in total. The lowest BCUT2D eigenvalue weighted by atomic mass is 9.87. The van der Waals surface area contributed by atoms with E-state index in [1.807, 2.05) is 11.7 Å². The zero-order valence-corrected chi connectivity index (χ0v) is 10.9. The fourth-order valence-electron chi connectivity index (χ4n) is 2.77. The number of nitrogens with one attached hydrogen (secondary N) is 1. The summed E-state index contributed by atoms with van der Waals surface area (Å²) in [4.78, 5) is 5.63. The molecule has 2 rings (SSSR count). The highest BCUT2D eigenvalue weighted by Crippen LogP contribution is 2.33. The minimum absolute atomic E-state index is 0.822. The Labute approximate surface area is 102 Å². The molecule has 0 amide bonds. The normalized spacial score (nSPS) is 19.1. The third-order valence-electron chi connectivity index (χ3n) is 3.67. The van der Waals surface area contributed by atoms with E-state index in [0.29, 0.717) is 0 Å². The van der Waals surface area contributed by atoms with E-state index in [-0.39, 0.29) is 0 Å². The Morgan fingerprint density at radius 3 is 2.94 bits per heavy atom. The maximum atomic E-state index is 4.18. The standard InChI is InChI=1S/C13H22N2S/c1-2-14-8-12(11-5-3-4-6-11)7-13-9-15-10-16-13/h9-12,14H,2-8H2,1H3. The van der Waals surface area contributed by atoms with Gasteiger partial charge in [-0.3, -0.25) is 4.98 Å². The molecule has 1 fully saturated rings. The van der Waals surface area contributed by atoms with Crippen LogP contribution in [0.1, 0.15) is 37.5 Å². The molecule has 1 N–H and O–H groups in total. The van der Waals surface area contributed by atoms with E-state index < -0.39 is 0 Å². The molecule has 3 heteroatoms. The smallest absolute Gasteiger partial charge is 0.0794 e. The fraction of sp³-hybridized carbons (Fsp3) is 0.769. The summed E-state index contributed by atoms with van der Waals surface area (Å²) in [6.07, 6.45) is 9.02. The first-order chi connectivity index (χ1) is 7.90. The number of nitrogens with zero attached hydrogens (tertiary/aromatic N) is 1. The van der Waals surface area contributed by atoms with Crippen LogP contribution in [0.2, 0.25) is 0 Å². The van der Waals surface area contributed by atoms with Gasteiger partial charge in [0.15, 0.2) is 0 Å². The highest BCUT2D eigenvalue weighted by atomic mass is 32.1. The number of hydrogen-bond acceptors (Lipinski definition) is 3. The third kappa shape index (κ3) is 3.29. The van der Waals surface area contributed by atoms with Crippen LogP contribution >= 0.6 is 11.3 Å². The van der Waals surface area contributed by atoms with Crippen molar-refractivity contribution in [1.29, 1.82) is 0 Å². The molecular weight excluding hydrogens is 216 g/mol. The quantitative estimate of drug-likeness (QED) is 0.823. The van der Waals surface area contributed by atoms with E-state index >= 15 is 0 Å². The van der Waals surface area contributed by atoms with Crippen molar-refractivity contribution in [3.8, 4) is 0 Å². The second kappa shape index (κ2) is 6.36. The first kappa shape index (κ1) is 12.1. The van der Waals surface area contributed by atoms with E-state index in [9.17, 15) is 0 Å². The van der Waals surface area contributed by atoms with Gasteiger partial charge in [-0.1, -0.05) is 32.6 Å². The van der Waals surface area contributed by atoms with Crippen molar-refractivity contribution in [1.82, 2.24) is 10.3 Å². The predicted molar refractivity (Wildman–Crippen MR) is 69.8 cm³/mol. The van der Waals surface area contributed by atoms with Gasteiger partial charge < -0.3 is 5.32 Å². The van der Waals surface area contributed by atoms with Gasteiger partial charge in [0.1, 0.15) is 0 Å². The van der Waals surface area contributed by atoms with Crippen molar-refractivity contribution in [3.63, 3.8) is 0 Å². The van der Waals surface area contributed by atoms with Crippen LogP contribution in [0.5, 0.6) is 0 Å². The first-order valence-electron chi connectivity index (χ1n) is 6.48. The van der Waals surface area contributed by atoms with Crippen LogP contribution in [0, 0.1) is 11.8 Å². The average Bonchev–Trinajstić information content (AvgIpc) is 2.96. The molecule has 1 heterocycles. The molecule has 0 aliphatic heterocycles. The minimum Gasteiger partial charge on any atom is -0.317 e. The monoisotopic (exact) mass is 238 g/mol. The van der Waals surface area contributed by atoms with Crippen LogP contribution in [0.15, 0.2) is 11.7 Å². The van der Waals surface area contributed by atoms with Crippen LogP contribution < -0.4 is 5.32 Å². The van der Waals surface area contributed by atoms with Gasteiger partial charge in [0, 0.05) is 11.1 Å². The molecule has 90 valence electrons. The summed E-state index contributed by atoms with van der Waals surface area (Å²) in [6, 6.07) is 0. The van der Waals surface area contributed by atoms with Gasteiger partial charge in [-0.15, -0.1) is 11.3 Å². The van der Waals surface area contributed by atoms with E-state index in [1.165, 1.54) is 43.5 Å². The summed E-state index contributed by atoms with van der Waals surface area (Å²) in [5.74, 6) is 1.77. The molecule has 0 spiro atoms. The molecule has 0 radical (unpaired) electrons. The number of aromatic nitrogens is 1. The lowest BCUT2D eigenvalue weighted by Crippen LogP contribution is -2.28. The Kier molecular flexibility index (Phi) is 4.79. The van der Waals surface area contributed by atoms with E-state index in [1.54, 1.807) is 11.3 Å². The van der Waals surface area contributed by atoms with Gasteiger partial charge in [0.25, 0.3) is 0 Å². The SMILES string of the molecule is CCNCC(Cc1cncs1)C1CCCC1. The topological polar surface area (TPSA) is 24.9 Å². The Balaban J connectivity index is 1.90. The Hall–Kier alpha value is -0.410. The Morgan fingerprint density at radius 2 is 2.31 bits per heavy atom. The molecular formula is C13H22N2S. The van der Waals surface area contributed by atoms with Crippen molar-refractivity contribution in [2.45, 2.75) is 39.0 Å². The van der Waals surface area contributed by atoms with Crippen LogP contribution in [0.3, 0.4) is 0 Å². The molecule has 1 atom stereocenters. The second-order valence-corrected chi connectivity index (χ2v) is 5.76. The van der Waals surface area contributed by atoms with Crippen LogP contribution in [-0.4, -0.2) is 18.1 Å². The van der Waals surface area contributed by atoms with E-state index in [4.69, 9.17) is 0 Å². The number of thiazole rings is 1. The van der Waals surface area contributed by atoms with Crippen LogP contribution in [-0.2, 0) is 6.42 Å². The van der Waals surface area contributed by atoms with Crippen molar-refractivity contribution in [2.75, 3.05) is 13.1 Å². The van der Waals surface area contributed by atoms with Gasteiger partial charge in [-0.25, -0.2) is 0 Å². The molecule has 1 unspecified atom stereocenters. The maximum absolute atomic E-state index is 4.18. The molecule has 16 heavy (non-hydrogen) atoms. The summed E-state index contributed by atoms with van der Waals surface area (Å²) in [7, 11) is 0. The Morgan fingerprint density at radius 1 is 1.50 bits per heavy atom. The molecule has 1 saturated carbocycles. The van der Waals surface area contributed by atoms with E-state index in [0.717, 1.165) is 18.4 Å². The van der Waals surface area contributed by atoms with Crippen LogP contribution in [0.25, 0.3) is 0 Å². The number of hydrogen-bond donors (Lipinski definition) is 1. The summed E-state index contributed by atoms with van der Waals surface area (Å²) >= 11 is 1.80. The highest BCUT2D eigenvalue weighted by molar-refractivity contribution is 7.09. The molecule has 0 bridgehead atoms. The maximum Gasteiger partial charge on any atom is 0.0794 e. The zero-order chi connectivity index (χ0) is 11.2. The molecule has 0 aromatic carbocycles. The van der Waals surface area contributed by atoms with Crippen molar-refractivity contribution >= 4 is 11.3 Å².